The lowest BCUT2D eigenvalue weighted by atomic mass is 9.89. The van der Waals surface area contributed by atoms with Gasteiger partial charge in [0.15, 0.2) is 0 Å². The third-order valence-corrected chi connectivity index (χ3v) is 7.95. The molecule has 1 atom stereocenters. The van der Waals surface area contributed by atoms with Crippen LogP contribution in [-0.2, 0) is 30.7 Å². The molecule has 3 aromatic rings. The molecule has 0 radical (unpaired) electrons. The largest absolute Gasteiger partial charge is 0.322 e. The minimum Gasteiger partial charge on any atom is -0.322 e. The number of aromatic nitrogens is 2. The number of fused-ring (bicyclic) bond motifs is 3. The van der Waals surface area contributed by atoms with Gasteiger partial charge in [-0.05, 0) is 74.9 Å². The van der Waals surface area contributed by atoms with Crippen LogP contribution in [-0.4, -0.2) is 33.4 Å². The summed E-state index contributed by atoms with van der Waals surface area (Å²) in [6, 6.07) is 4.08. The van der Waals surface area contributed by atoms with E-state index in [1.165, 1.54) is 21.6 Å². The van der Waals surface area contributed by atoms with E-state index in [1.807, 2.05) is 0 Å². The lowest BCUT2D eigenvalue weighted by Gasteiger charge is -2.19. The number of halogens is 2. The summed E-state index contributed by atoms with van der Waals surface area (Å²) < 4.78 is 15.7. The first-order valence-electron chi connectivity index (χ1n) is 11.4. The molecule has 1 unspecified atom stereocenters. The number of carbonyl (C=O) groups excluding carboxylic acids is 1. The van der Waals surface area contributed by atoms with Crippen LogP contribution < -0.4 is 10.9 Å². The molecule has 174 valence electrons. The molecule has 1 aromatic carbocycles. The predicted molar refractivity (Wildman–Crippen MR) is 130 cm³/mol. The maximum Gasteiger partial charge on any atom is 0.263 e. The highest BCUT2D eigenvalue weighted by molar-refractivity contribution is 7.18. The molecule has 0 spiro atoms. The van der Waals surface area contributed by atoms with Crippen LogP contribution in [0.2, 0.25) is 5.02 Å². The van der Waals surface area contributed by atoms with E-state index in [1.54, 1.807) is 11.3 Å². The lowest BCUT2D eigenvalue weighted by molar-refractivity contribution is -0.116. The minimum atomic E-state index is -0.616. The van der Waals surface area contributed by atoms with Gasteiger partial charge in [0.2, 0.25) is 5.91 Å². The number of aryl methyl sites for hydroxylation is 1. The molecule has 1 aliphatic heterocycles. The molecule has 2 aliphatic rings. The van der Waals surface area contributed by atoms with E-state index in [2.05, 4.69) is 17.1 Å². The first-order chi connectivity index (χ1) is 15.9. The highest BCUT2D eigenvalue weighted by Gasteiger charge is 2.26. The minimum absolute atomic E-state index is 0.0366. The van der Waals surface area contributed by atoms with Crippen LogP contribution >= 0.6 is 22.9 Å². The molecule has 9 heteroatoms. The van der Waals surface area contributed by atoms with Crippen molar-refractivity contribution >= 4 is 44.7 Å². The number of hydrogen-bond donors (Lipinski definition) is 1. The number of rotatable bonds is 5. The standard InChI is InChI=1S/C24H26ClFN4O2S/c1-14-4-6-16-19(10-14)33-23-22(16)24(32)30(20(28-23)12-29-8-2-3-9-29)13-21(31)27-18-7-5-15(25)11-17(18)26/h5,7,11,14H,2-4,6,8-10,12-13H2,1H3,(H,27,31). The highest BCUT2D eigenvalue weighted by atomic mass is 35.5. The summed E-state index contributed by atoms with van der Waals surface area (Å²) in [5.74, 6) is 0.0969. The number of amides is 1. The fourth-order valence-electron chi connectivity index (χ4n) is 4.81. The third-order valence-electron chi connectivity index (χ3n) is 6.56. The summed E-state index contributed by atoms with van der Waals surface area (Å²) in [7, 11) is 0. The first-order valence-corrected chi connectivity index (χ1v) is 12.6. The normalized spacial score (nSPS) is 18.6. The van der Waals surface area contributed by atoms with Crippen molar-refractivity contribution in [2.24, 2.45) is 5.92 Å². The average molecular weight is 489 g/mol. The fraction of sp³-hybridized carbons (Fsp3) is 0.458. The van der Waals surface area contributed by atoms with Gasteiger partial charge in [-0.3, -0.25) is 19.1 Å². The number of nitrogens with one attached hydrogen (secondary N) is 1. The Hall–Kier alpha value is -2.29. The Bertz CT molecular complexity index is 1280. The van der Waals surface area contributed by atoms with Crippen LogP contribution in [0.5, 0.6) is 0 Å². The van der Waals surface area contributed by atoms with Crippen LogP contribution in [0.3, 0.4) is 0 Å². The second kappa shape index (κ2) is 9.16. The summed E-state index contributed by atoms with van der Waals surface area (Å²) in [5.41, 5.74) is 0.957. The summed E-state index contributed by atoms with van der Waals surface area (Å²) in [4.78, 5) is 35.7. The zero-order valence-corrected chi connectivity index (χ0v) is 20.1. The lowest BCUT2D eigenvalue weighted by Crippen LogP contribution is -2.34. The molecule has 5 rings (SSSR count). The maximum absolute atomic E-state index is 14.2. The Kier molecular flexibility index (Phi) is 6.24. The zero-order chi connectivity index (χ0) is 23.1. The SMILES string of the molecule is CC1CCc2c(sc3nc(CN4CCCC4)n(CC(=O)Nc4ccc(Cl)cc4F)c(=O)c23)C1. The van der Waals surface area contributed by atoms with Gasteiger partial charge < -0.3 is 5.32 Å². The van der Waals surface area contributed by atoms with Gasteiger partial charge in [0.25, 0.3) is 5.56 Å². The number of carbonyl (C=O) groups is 1. The van der Waals surface area contributed by atoms with Crippen molar-refractivity contribution in [2.45, 2.75) is 52.1 Å². The van der Waals surface area contributed by atoms with Crippen molar-refractivity contribution < 1.29 is 9.18 Å². The number of hydrogen-bond acceptors (Lipinski definition) is 5. The molecular formula is C24H26ClFN4O2S. The molecule has 0 saturated carbocycles. The van der Waals surface area contributed by atoms with Crippen molar-refractivity contribution in [2.75, 3.05) is 18.4 Å². The average Bonchev–Trinajstić information content (AvgIpc) is 3.40. The molecule has 6 nitrogen and oxygen atoms in total. The molecule has 2 aromatic heterocycles. The van der Waals surface area contributed by atoms with E-state index in [-0.39, 0.29) is 22.8 Å². The van der Waals surface area contributed by atoms with Crippen LogP contribution in [0.15, 0.2) is 23.0 Å². The van der Waals surface area contributed by atoms with Crippen molar-refractivity contribution in [3.8, 4) is 0 Å². The number of thiophene rings is 1. The number of anilines is 1. The van der Waals surface area contributed by atoms with Crippen molar-refractivity contribution in [1.82, 2.24) is 14.5 Å². The second-order valence-electron chi connectivity index (χ2n) is 9.11. The molecule has 0 bridgehead atoms. The Morgan fingerprint density at radius 2 is 2.12 bits per heavy atom. The van der Waals surface area contributed by atoms with Gasteiger partial charge in [-0.25, -0.2) is 9.37 Å². The summed E-state index contributed by atoms with van der Waals surface area (Å²) in [6.45, 7) is 4.45. The quantitative estimate of drug-likeness (QED) is 0.569. The van der Waals surface area contributed by atoms with Gasteiger partial charge in [0.1, 0.15) is 23.0 Å². The number of nitrogens with zero attached hydrogens (tertiary/aromatic N) is 3. The second-order valence-corrected chi connectivity index (χ2v) is 10.6. The van der Waals surface area contributed by atoms with E-state index in [0.717, 1.165) is 61.7 Å². The van der Waals surface area contributed by atoms with Crippen LogP contribution in [0, 0.1) is 11.7 Å². The molecule has 33 heavy (non-hydrogen) atoms. The van der Waals surface area contributed by atoms with E-state index >= 15 is 0 Å². The smallest absolute Gasteiger partial charge is 0.263 e. The third kappa shape index (κ3) is 4.56. The molecule has 1 saturated heterocycles. The highest BCUT2D eigenvalue weighted by Crippen LogP contribution is 2.36. The fourth-order valence-corrected chi connectivity index (χ4v) is 6.37. The topological polar surface area (TPSA) is 67.2 Å². The van der Waals surface area contributed by atoms with E-state index in [0.29, 0.717) is 23.7 Å². The Morgan fingerprint density at radius 3 is 2.88 bits per heavy atom. The van der Waals surface area contributed by atoms with E-state index in [9.17, 15) is 14.0 Å². The van der Waals surface area contributed by atoms with Gasteiger partial charge in [0.05, 0.1) is 17.6 Å². The van der Waals surface area contributed by atoms with Crippen molar-refractivity contribution in [1.29, 1.82) is 0 Å². The maximum atomic E-state index is 14.2. The zero-order valence-electron chi connectivity index (χ0n) is 18.5. The van der Waals surface area contributed by atoms with Gasteiger partial charge in [-0.2, -0.15) is 0 Å². The molecule has 1 amide bonds. The Balaban J connectivity index is 1.52. The molecule has 3 heterocycles. The van der Waals surface area contributed by atoms with Gasteiger partial charge >= 0.3 is 0 Å². The van der Waals surface area contributed by atoms with Crippen molar-refractivity contribution in [3.63, 3.8) is 0 Å². The van der Waals surface area contributed by atoms with E-state index < -0.39 is 11.7 Å². The summed E-state index contributed by atoms with van der Waals surface area (Å²) in [6.07, 6.45) is 5.11. The molecule has 1 N–H and O–H groups in total. The monoisotopic (exact) mass is 488 g/mol. The van der Waals surface area contributed by atoms with E-state index in [4.69, 9.17) is 16.6 Å². The van der Waals surface area contributed by atoms with Gasteiger partial charge in [0, 0.05) is 9.90 Å². The Labute approximate surface area is 200 Å². The summed E-state index contributed by atoms with van der Waals surface area (Å²) >= 11 is 7.43. The number of benzene rings is 1. The predicted octanol–water partition coefficient (Wildman–Crippen LogP) is 4.61. The molecule has 1 fully saturated rings. The first kappa shape index (κ1) is 22.5. The Morgan fingerprint density at radius 1 is 1.33 bits per heavy atom. The van der Waals surface area contributed by atoms with Crippen LogP contribution in [0.4, 0.5) is 10.1 Å². The molecular weight excluding hydrogens is 463 g/mol. The van der Waals surface area contributed by atoms with Gasteiger partial charge in [-0.15, -0.1) is 11.3 Å². The van der Waals surface area contributed by atoms with Crippen LogP contribution in [0.1, 0.15) is 42.5 Å². The van der Waals surface area contributed by atoms with Crippen LogP contribution in [0.25, 0.3) is 10.2 Å². The number of likely N-dealkylation sites (tertiary alicyclic amines) is 1. The van der Waals surface area contributed by atoms with Crippen molar-refractivity contribution in [3.05, 3.63) is 55.7 Å². The van der Waals surface area contributed by atoms with Gasteiger partial charge in [-0.1, -0.05) is 18.5 Å². The summed E-state index contributed by atoms with van der Waals surface area (Å²) in [5, 5.41) is 3.47. The molecule has 1 aliphatic carbocycles.